The minimum absolute atomic E-state index is 0.0141. The number of benzene rings is 1. The molecule has 0 aliphatic carbocycles. The van der Waals surface area contributed by atoms with Gasteiger partial charge >= 0.3 is 0 Å². The van der Waals surface area contributed by atoms with Gasteiger partial charge < -0.3 is 15.5 Å². The van der Waals surface area contributed by atoms with Gasteiger partial charge in [-0.25, -0.2) is 0 Å². The number of carbonyl (C=O) groups is 2. The maximum atomic E-state index is 12.0. The first-order valence-electron chi connectivity index (χ1n) is 6.39. The molecule has 0 aromatic heterocycles. The fraction of sp³-hybridized carbons (Fsp3) is 0.429. The van der Waals surface area contributed by atoms with Crippen LogP contribution in [0, 0.1) is 0 Å². The number of nitrogens with one attached hydrogen (secondary N) is 1. The van der Waals surface area contributed by atoms with Crippen molar-refractivity contribution in [3.63, 3.8) is 0 Å². The standard InChI is InChI=1S/C14H21N3O2/c1-11(12-7-5-4-6-8-12)17(3)14(19)10-16-9-13(18)15-2/h4-8,11,16H,9-10H2,1-3H3,(H,15,18)/p+1/t11-/m1/s1. The second-order valence-electron chi connectivity index (χ2n) is 4.46. The molecule has 0 fully saturated rings. The van der Waals surface area contributed by atoms with Gasteiger partial charge in [0.1, 0.15) is 0 Å². The third kappa shape index (κ3) is 4.71. The number of nitrogens with two attached hydrogens (primary N) is 1. The summed E-state index contributed by atoms with van der Waals surface area (Å²) >= 11 is 0. The summed E-state index contributed by atoms with van der Waals surface area (Å²) in [5.74, 6) is -0.0631. The van der Waals surface area contributed by atoms with Crippen LogP contribution in [0.4, 0.5) is 0 Å². The lowest BCUT2D eigenvalue weighted by Gasteiger charge is -2.24. The Labute approximate surface area is 114 Å². The summed E-state index contributed by atoms with van der Waals surface area (Å²) in [6.07, 6.45) is 0. The van der Waals surface area contributed by atoms with Gasteiger partial charge in [-0.15, -0.1) is 0 Å². The van der Waals surface area contributed by atoms with Crippen molar-refractivity contribution in [3.05, 3.63) is 35.9 Å². The Kier molecular flexibility index (Phi) is 6.02. The van der Waals surface area contributed by atoms with Crippen LogP contribution in [-0.4, -0.2) is 43.9 Å². The predicted molar refractivity (Wildman–Crippen MR) is 73.4 cm³/mol. The molecule has 0 aliphatic heterocycles. The van der Waals surface area contributed by atoms with Crippen LogP contribution in [0.25, 0.3) is 0 Å². The van der Waals surface area contributed by atoms with E-state index in [1.54, 1.807) is 24.3 Å². The quantitative estimate of drug-likeness (QED) is 0.728. The van der Waals surface area contributed by atoms with Gasteiger partial charge in [0.2, 0.25) is 0 Å². The predicted octanol–water partition coefficient (Wildman–Crippen LogP) is -0.485. The molecule has 1 aromatic rings. The van der Waals surface area contributed by atoms with Crippen LogP contribution in [0.1, 0.15) is 18.5 Å². The number of hydrogen-bond donors (Lipinski definition) is 2. The van der Waals surface area contributed by atoms with E-state index in [4.69, 9.17) is 0 Å². The molecule has 3 N–H and O–H groups in total. The largest absolute Gasteiger partial charge is 0.354 e. The van der Waals surface area contributed by atoms with Crippen LogP contribution in [0.2, 0.25) is 0 Å². The molecule has 0 heterocycles. The average Bonchev–Trinajstić information content (AvgIpc) is 2.46. The Balaban J connectivity index is 2.46. The number of amides is 2. The number of likely N-dealkylation sites (N-methyl/N-ethyl adjacent to an activating group) is 2. The summed E-state index contributed by atoms with van der Waals surface area (Å²) in [5, 5.41) is 4.23. The SMILES string of the molecule is CNC(=O)C[NH2+]CC(=O)N(C)[C@H](C)c1ccccc1. The summed E-state index contributed by atoms with van der Waals surface area (Å²) in [7, 11) is 3.37. The molecule has 5 nitrogen and oxygen atoms in total. The second kappa shape index (κ2) is 7.53. The lowest BCUT2D eigenvalue weighted by molar-refractivity contribution is -0.633. The summed E-state index contributed by atoms with van der Waals surface area (Å²) in [6, 6.07) is 9.91. The van der Waals surface area contributed by atoms with Crippen molar-refractivity contribution in [2.45, 2.75) is 13.0 Å². The Hall–Kier alpha value is -1.88. The molecule has 0 aliphatic rings. The molecule has 104 valence electrons. The topological polar surface area (TPSA) is 66.0 Å². The lowest BCUT2D eigenvalue weighted by Crippen LogP contribution is -2.88. The molecule has 0 spiro atoms. The van der Waals surface area contributed by atoms with Crippen molar-refractivity contribution < 1.29 is 14.9 Å². The number of quaternary nitrogens is 1. The first-order chi connectivity index (χ1) is 9.06. The third-order valence-corrected chi connectivity index (χ3v) is 3.18. The maximum absolute atomic E-state index is 12.0. The van der Waals surface area contributed by atoms with E-state index in [0.717, 1.165) is 5.56 Å². The van der Waals surface area contributed by atoms with Gasteiger partial charge in [-0.2, -0.15) is 0 Å². The fourth-order valence-corrected chi connectivity index (χ4v) is 1.74. The van der Waals surface area contributed by atoms with Gasteiger partial charge in [0.05, 0.1) is 6.04 Å². The Morgan fingerprint density at radius 2 is 1.89 bits per heavy atom. The smallest absolute Gasteiger partial charge is 0.277 e. The number of carbonyl (C=O) groups excluding carboxylic acids is 2. The van der Waals surface area contributed by atoms with Crippen molar-refractivity contribution in [2.24, 2.45) is 0 Å². The van der Waals surface area contributed by atoms with Crippen molar-refractivity contribution in [3.8, 4) is 0 Å². The van der Waals surface area contributed by atoms with Gasteiger partial charge in [0.15, 0.2) is 13.1 Å². The molecule has 1 atom stereocenters. The normalized spacial score (nSPS) is 11.7. The molecule has 0 bridgehead atoms. The summed E-state index contributed by atoms with van der Waals surface area (Å²) in [4.78, 5) is 24.7. The number of hydrogen-bond acceptors (Lipinski definition) is 2. The zero-order valence-electron chi connectivity index (χ0n) is 11.7. The van der Waals surface area contributed by atoms with Gasteiger partial charge in [-0.1, -0.05) is 30.3 Å². The van der Waals surface area contributed by atoms with E-state index in [2.05, 4.69) is 5.32 Å². The third-order valence-electron chi connectivity index (χ3n) is 3.18. The Morgan fingerprint density at radius 3 is 2.47 bits per heavy atom. The zero-order chi connectivity index (χ0) is 14.3. The highest BCUT2D eigenvalue weighted by molar-refractivity contribution is 5.78. The van der Waals surface area contributed by atoms with Crippen LogP contribution in [0.15, 0.2) is 30.3 Å². The van der Waals surface area contributed by atoms with Gasteiger partial charge in [0.25, 0.3) is 11.8 Å². The summed E-state index contributed by atoms with van der Waals surface area (Å²) in [5.41, 5.74) is 1.10. The van der Waals surface area contributed by atoms with Crippen molar-refractivity contribution in [1.82, 2.24) is 10.2 Å². The van der Waals surface area contributed by atoms with Crippen LogP contribution in [-0.2, 0) is 9.59 Å². The molecule has 1 aromatic carbocycles. The minimum Gasteiger partial charge on any atom is -0.354 e. The molecule has 0 unspecified atom stereocenters. The highest BCUT2D eigenvalue weighted by atomic mass is 16.2. The van der Waals surface area contributed by atoms with E-state index in [1.165, 1.54) is 0 Å². The highest BCUT2D eigenvalue weighted by Gasteiger charge is 2.18. The monoisotopic (exact) mass is 264 g/mol. The first kappa shape index (κ1) is 15.2. The van der Waals surface area contributed by atoms with E-state index in [9.17, 15) is 9.59 Å². The van der Waals surface area contributed by atoms with E-state index >= 15 is 0 Å². The second-order valence-corrected chi connectivity index (χ2v) is 4.46. The van der Waals surface area contributed by atoms with Crippen LogP contribution in [0.3, 0.4) is 0 Å². The van der Waals surface area contributed by atoms with Crippen molar-refractivity contribution >= 4 is 11.8 Å². The minimum atomic E-state index is -0.0773. The van der Waals surface area contributed by atoms with Crippen molar-refractivity contribution in [2.75, 3.05) is 27.2 Å². The van der Waals surface area contributed by atoms with Gasteiger partial charge in [0, 0.05) is 14.1 Å². The van der Waals surface area contributed by atoms with E-state index in [0.29, 0.717) is 0 Å². The van der Waals surface area contributed by atoms with Gasteiger partial charge in [-0.3, -0.25) is 9.59 Å². The molecule has 1 rings (SSSR count). The van der Waals surface area contributed by atoms with E-state index in [1.807, 2.05) is 37.3 Å². The molecule has 0 radical (unpaired) electrons. The summed E-state index contributed by atoms with van der Waals surface area (Å²) < 4.78 is 0. The molecule has 0 saturated heterocycles. The maximum Gasteiger partial charge on any atom is 0.277 e. The lowest BCUT2D eigenvalue weighted by atomic mass is 10.1. The first-order valence-corrected chi connectivity index (χ1v) is 6.39. The van der Waals surface area contributed by atoms with Crippen LogP contribution < -0.4 is 10.6 Å². The summed E-state index contributed by atoms with van der Waals surface area (Å²) in [6.45, 7) is 2.54. The number of rotatable bonds is 6. The molecule has 2 amide bonds. The Bertz CT molecular complexity index is 420. The van der Waals surface area contributed by atoms with Crippen molar-refractivity contribution in [1.29, 1.82) is 0 Å². The molecule has 19 heavy (non-hydrogen) atoms. The van der Waals surface area contributed by atoms with Crippen LogP contribution in [0.5, 0.6) is 0 Å². The molecule has 5 heteroatoms. The van der Waals surface area contributed by atoms with E-state index < -0.39 is 0 Å². The zero-order valence-corrected chi connectivity index (χ0v) is 11.7. The molecule has 0 saturated carbocycles. The number of nitrogens with zero attached hydrogens (tertiary/aromatic N) is 1. The molecular weight excluding hydrogens is 242 g/mol. The Morgan fingerprint density at radius 1 is 1.26 bits per heavy atom. The average molecular weight is 264 g/mol. The molecular formula is C14H22N3O2+. The fourth-order valence-electron chi connectivity index (χ4n) is 1.74. The van der Waals surface area contributed by atoms with Crippen LogP contribution >= 0.6 is 0 Å². The van der Waals surface area contributed by atoms with Gasteiger partial charge in [-0.05, 0) is 12.5 Å². The highest BCUT2D eigenvalue weighted by Crippen LogP contribution is 2.17. The van der Waals surface area contributed by atoms with E-state index in [-0.39, 0.29) is 30.9 Å².